The molecular weight excluding hydrogens is 204 g/mol. The molecule has 0 saturated heterocycles. The Morgan fingerprint density at radius 2 is 2.54 bits per heavy atom. The molecule has 0 radical (unpaired) electrons. The maximum atomic E-state index is 11.5. The van der Waals surface area contributed by atoms with E-state index in [1.54, 1.807) is 23.0 Å². The van der Waals surface area contributed by atoms with E-state index in [2.05, 4.69) is 4.98 Å². The van der Waals surface area contributed by atoms with Crippen molar-refractivity contribution in [1.29, 1.82) is 0 Å². The monoisotopic (exact) mass is 218 g/mol. The van der Waals surface area contributed by atoms with Crippen molar-refractivity contribution in [3.05, 3.63) is 16.6 Å². The van der Waals surface area contributed by atoms with Gasteiger partial charge in [0.05, 0.1) is 11.3 Å². The molecule has 0 saturated carbocycles. The van der Waals surface area contributed by atoms with Crippen LogP contribution >= 0.6 is 11.3 Å². The highest BCUT2D eigenvalue weighted by atomic mass is 32.2. The predicted octanol–water partition coefficient (Wildman–Crippen LogP) is 1.13. The number of nitrogens with zero attached hydrogens (tertiary/aromatic N) is 1. The smallest absolute Gasteiger partial charge is 0.0794 e. The molecule has 0 aliphatic carbocycles. The first-order chi connectivity index (χ1) is 6.22. The molecule has 0 bridgehead atoms. The van der Waals surface area contributed by atoms with Gasteiger partial charge in [0.15, 0.2) is 0 Å². The summed E-state index contributed by atoms with van der Waals surface area (Å²) in [6.07, 6.45) is 2.65. The van der Waals surface area contributed by atoms with Crippen molar-refractivity contribution in [1.82, 2.24) is 4.98 Å². The normalized spacial score (nSPS) is 15.5. The van der Waals surface area contributed by atoms with Crippen LogP contribution in [-0.4, -0.2) is 21.0 Å². The quantitative estimate of drug-likeness (QED) is 0.806. The van der Waals surface area contributed by atoms with Crippen LogP contribution in [0.2, 0.25) is 0 Å². The van der Waals surface area contributed by atoms with E-state index in [0.29, 0.717) is 11.5 Å². The summed E-state index contributed by atoms with van der Waals surface area (Å²) >= 11 is 1.54. The fourth-order valence-electron chi connectivity index (χ4n) is 0.888. The lowest BCUT2D eigenvalue weighted by Gasteiger charge is -2.06. The zero-order valence-electron chi connectivity index (χ0n) is 7.60. The van der Waals surface area contributed by atoms with Crippen molar-refractivity contribution in [3.8, 4) is 0 Å². The fourth-order valence-corrected chi connectivity index (χ4v) is 3.16. The molecule has 3 nitrogen and oxygen atoms in total. The Bertz CT molecular complexity index is 261. The van der Waals surface area contributed by atoms with Gasteiger partial charge in [-0.15, -0.1) is 11.3 Å². The summed E-state index contributed by atoms with van der Waals surface area (Å²) in [6, 6.07) is 0.0637. The van der Waals surface area contributed by atoms with E-state index in [9.17, 15) is 4.21 Å². The van der Waals surface area contributed by atoms with Crippen LogP contribution in [0, 0.1) is 0 Å². The van der Waals surface area contributed by atoms with Crippen LogP contribution in [0.3, 0.4) is 0 Å². The van der Waals surface area contributed by atoms with Crippen LogP contribution in [0.15, 0.2) is 11.7 Å². The Hall–Kier alpha value is -0.260. The summed E-state index contributed by atoms with van der Waals surface area (Å²) < 4.78 is 11.5. The molecule has 5 heteroatoms. The highest BCUT2D eigenvalue weighted by Gasteiger charge is 2.07. The van der Waals surface area contributed by atoms with Crippen LogP contribution in [0.1, 0.15) is 18.2 Å². The maximum Gasteiger partial charge on any atom is 0.0794 e. The Kier molecular flexibility index (Phi) is 4.55. The van der Waals surface area contributed by atoms with Crippen molar-refractivity contribution in [2.24, 2.45) is 5.73 Å². The van der Waals surface area contributed by atoms with Gasteiger partial charge in [-0.25, -0.2) is 0 Å². The molecule has 0 fully saturated rings. The maximum absolute atomic E-state index is 11.5. The van der Waals surface area contributed by atoms with Gasteiger partial charge in [-0.3, -0.25) is 9.19 Å². The van der Waals surface area contributed by atoms with E-state index in [1.807, 2.05) is 6.92 Å². The van der Waals surface area contributed by atoms with E-state index in [-0.39, 0.29) is 6.04 Å². The molecule has 1 aromatic rings. The van der Waals surface area contributed by atoms with Crippen LogP contribution in [0.4, 0.5) is 0 Å². The van der Waals surface area contributed by atoms with E-state index in [1.165, 1.54) is 0 Å². The van der Waals surface area contributed by atoms with Crippen molar-refractivity contribution in [2.75, 3.05) is 5.75 Å². The molecule has 2 unspecified atom stereocenters. The Labute approximate surface area is 84.8 Å². The minimum atomic E-state index is -0.834. The van der Waals surface area contributed by atoms with Gasteiger partial charge in [-0.05, 0) is 6.42 Å². The van der Waals surface area contributed by atoms with E-state index in [4.69, 9.17) is 5.73 Å². The number of aromatic nitrogens is 1. The summed E-state index contributed by atoms with van der Waals surface area (Å²) in [5.74, 6) is 1.19. The Morgan fingerprint density at radius 1 is 1.77 bits per heavy atom. The lowest BCUT2D eigenvalue weighted by Crippen LogP contribution is -2.26. The highest BCUT2D eigenvalue weighted by molar-refractivity contribution is 7.84. The fraction of sp³-hybridized carbons (Fsp3) is 0.625. The molecule has 2 atom stereocenters. The molecular formula is C8H14N2OS2. The third kappa shape index (κ3) is 3.97. The third-order valence-corrected chi connectivity index (χ3v) is 4.11. The van der Waals surface area contributed by atoms with Crippen LogP contribution in [0.25, 0.3) is 0 Å². The molecule has 0 amide bonds. The number of hydrogen-bond acceptors (Lipinski definition) is 4. The first-order valence-corrected chi connectivity index (χ1v) is 6.57. The zero-order chi connectivity index (χ0) is 9.68. The van der Waals surface area contributed by atoms with Crippen molar-refractivity contribution in [3.63, 3.8) is 0 Å². The molecule has 1 heterocycles. The van der Waals surface area contributed by atoms with Gasteiger partial charge in [0.25, 0.3) is 0 Å². The van der Waals surface area contributed by atoms with Gasteiger partial charge in [0.1, 0.15) is 0 Å². The minimum absolute atomic E-state index is 0.0637. The molecule has 0 aliphatic heterocycles. The van der Waals surface area contributed by atoms with Gasteiger partial charge < -0.3 is 5.73 Å². The SMILES string of the molecule is CCC(N)CS(=O)Cc1cncs1. The average Bonchev–Trinajstić information content (AvgIpc) is 2.56. The third-order valence-electron chi connectivity index (χ3n) is 1.71. The van der Waals surface area contributed by atoms with E-state index in [0.717, 1.165) is 11.3 Å². The topological polar surface area (TPSA) is 56.0 Å². The molecule has 1 aromatic heterocycles. The zero-order valence-corrected chi connectivity index (χ0v) is 9.24. The van der Waals surface area contributed by atoms with Gasteiger partial charge in [0.2, 0.25) is 0 Å². The summed E-state index contributed by atoms with van der Waals surface area (Å²) in [7, 11) is -0.834. The van der Waals surface area contributed by atoms with Crippen LogP contribution in [-0.2, 0) is 16.6 Å². The number of hydrogen-bond donors (Lipinski definition) is 1. The van der Waals surface area contributed by atoms with Crippen molar-refractivity contribution in [2.45, 2.75) is 25.1 Å². The van der Waals surface area contributed by atoms with Gasteiger partial charge in [0, 0.05) is 33.7 Å². The molecule has 2 N–H and O–H groups in total. The number of nitrogens with two attached hydrogens (primary N) is 1. The summed E-state index contributed by atoms with van der Waals surface area (Å²) in [5.41, 5.74) is 7.45. The summed E-state index contributed by atoms with van der Waals surface area (Å²) in [4.78, 5) is 5.00. The van der Waals surface area contributed by atoms with Gasteiger partial charge in [-0.2, -0.15) is 0 Å². The second-order valence-corrected chi connectivity index (χ2v) is 5.36. The predicted molar refractivity (Wildman–Crippen MR) is 57.1 cm³/mol. The average molecular weight is 218 g/mol. The van der Waals surface area contributed by atoms with Crippen molar-refractivity contribution < 1.29 is 4.21 Å². The first-order valence-electron chi connectivity index (χ1n) is 4.20. The minimum Gasteiger partial charge on any atom is -0.327 e. The standard InChI is InChI=1S/C8H14N2OS2/c1-2-7(9)4-13(11)5-8-3-10-6-12-8/h3,6-7H,2,4-5,9H2,1H3. The lowest BCUT2D eigenvalue weighted by molar-refractivity contribution is 0.663. The molecule has 0 aromatic carbocycles. The van der Waals surface area contributed by atoms with Gasteiger partial charge in [-0.1, -0.05) is 6.92 Å². The Balaban J connectivity index is 2.34. The second-order valence-electron chi connectivity index (χ2n) is 2.89. The molecule has 1 rings (SSSR count). The Morgan fingerprint density at radius 3 is 3.08 bits per heavy atom. The summed E-state index contributed by atoms with van der Waals surface area (Å²) in [5, 5.41) is 0. The molecule has 0 aliphatic rings. The second kappa shape index (κ2) is 5.47. The number of rotatable bonds is 5. The molecule has 0 spiro atoms. The summed E-state index contributed by atoms with van der Waals surface area (Å²) in [6.45, 7) is 2.01. The molecule has 13 heavy (non-hydrogen) atoms. The number of thiazole rings is 1. The van der Waals surface area contributed by atoms with Crippen LogP contribution < -0.4 is 5.73 Å². The molecule has 74 valence electrons. The highest BCUT2D eigenvalue weighted by Crippen LogP contribution is 2.09. The largest absolute Gasteiger partial charge is 0.327 e. The van der Waals surface area contributed by atoms with Crippen molar-refractivity contribution >= 4 is 22.1 Å². The lowest BCUT2D eigenvalue weighted by atomic mass is 10.3. The van der Waals surface area contributed by atoms with Gasteiger partial charge >= 0.3 is 0 Å². The van der Waals surface area contributed by atoms with Crippen LogP contribution in [0.5, 0.6) is 0 Å². The first kappa shape index (κ1) is 10.8. The van der Waals surface area contributed by atoms with E-state index < -0.39 is 10.8 Å². The van der Waals surface area contributed by atoms with E-state index >= 15 is 0 Å².